The number of hydrogen-bond acceptors (Lipinski definition) is 7. The van der Waals surface area contributed by atoms with Gasteiger partial charge in [-0.2, -0.15) is 5.10 Å². The standard InChI is InChI=1S/C31H36N2O6/c1-6-16-37-26-13-11-24(12-14-26)31(35)39-27-15-9-23(17-29(27)36-7-2)19-32-33-30(34)20-38-28-18-25(21(3)4)10-8-22(28)5/h8-15,17-19,21H,6-7,16,20H2,1-5H3,(H,33,34). The number of ether oxygens (including phenoxy) is 4. The van der Waals surface area contributed by atoms with Crippen molar-refractivity contribution in [3.8, 4) is 23.0 Å². The van der Waals surface area contributed by atoms with Crippen LogP contribution in [0, 0.1) is 6.92 Å². The molecule has 3 rings (SSSR count). The van der Waals surface area contributed by atoms with E-state index in [0.717, 1.165) is 17.5 Å². The van der Waals surface area contributed by atoms with Gasteiger partial charge in [0.15, 0.2) is 18.1 Å². The number of rotatable bonds is 13. The molecule has 1 amide bonds. The zero-order valence-corrected chi connectivity index (χ0v) is 23.2. The highest BCUT2D eigenvalue weighted by Gasteiger charge is 2.14. The van der Waals surface area contributed by atoms with Gasteiger partial charge in [-0.3, -0.25) is 4.79 Å². The van der Waals surface area contributed by atoms with Crippen LogP contribution in [0.2, 0.25) is 0 Å². The van der Waals surface area contributed by atoms with E-state index in [9.17, 15) is 9.59 Å². The predicted octanol–water partition coefficient (Wildman–Crippen LogP) is 6.05. The maximum Gasteiger partial charge on any atom is 0.343 e. The van der Waals surface area contributed by atoms with Crippen molar-refractivity contribution in [2.24, 2.45) is 5.10 Å². The van der Waals surface area contributed by atoms with Gasteiger partial charge < -0.3 is 18.9 Å². The van der Waals surface area contributed by atoms with Crippen LogP contribution in [-0.2, 0) is 4.79 Å². The molecule has 0 atom stereocenters. The van der Waals surface area contributed by atoms with Crippen molar-refractivity contribution in [2.75, 3.05) is 19.8 Å². The average Bonchev–Trinajstić information content (AvgIpc) is 2.93. The van der Waals surface area contributed by atoms with Gasteiger partial charge in [0, 0.05) is 0 Å². The summed E-state index contributed by atoms with van der Waals surface area (Å²) in [5.74, 6) is 1.49. The molecule has 206 valence electrons. The summed E-state index contributed by atoms with van der Waals surface area (Å²) < 4.78 is 22.5. The van der Waals surface area contributed by atoms with Crippen molar-refractivity contribution in [3.63, 3.8) is 0 Å². The smallest absolute Gasteiger partial charge is 0.343 e. The van der Waals surface area contributed by atoms with Gasteiger partial charge in [0.25, 0.3) is 5.91 Å². The molecule has 0 bridgehead atoms. The van der Waals surface area contributed by atoms with Crippen LogP contribution >= 0.6 is 0 Å². The van der Waals surface area contributed by atoms with E-state index in [0.29, 0.717) is 47.5 Å². The minimum Gasteiger partial charge on any atom is -0.494 e. The molecule has 0 fully saturated rings. The Morgan fingerprint density at radius 2 is 1.67 bits per heavy atom. The van der Waals surface area contributed by atoms with Crippen molar-refractivity contribution in [1.29, 1.82) is 0 Å². The van der Waals surface area contributed by atoms with Crippen LogP contribution in [0.1, 0.15) is 67.1 Å². The second-order valence-corrected chi connectivity index (χ2v) is 9.16. The maximum absolute atomic E-state index is 12.7. The van der Waals surface area contributed by atoms with Gasteiger partial charge in [-0.05, 0) is 91.4 Å². The largest absolute Gasteiger partial charge is 0.494 e. The predicted molar refractivity (Wildman–Crippen MR) is 151 cm³/mol. The van der Waals surface area contributed by atoms with E-state index in [-0.39, 0.29) is 18.3 Å². The first kappa shape index (κ1) is 29.2. The molecule has 3 aromatic carbocycles. The first-order chi connectivity index (χ1) is 18.8. The van der Waals surface area contributed by atoms with E-state index < -0.39 is 5.97 Å². The highest BCUT2D eigenvalue weighted by Crippen LogP contribution is 2.29. The summed E-state index contributed by atoms with van der Waals surface area (Å²) >= 11 is 0. The Kier molecular flexibility index (Phi) is 10.9. The number of amides is 1. The van der Waals surface area contributed by atoms with E-state index in [1.165, 1.54) is 6.21 Å². The fraction of sp³-hybridized carbons (Fsp3) is 0.323. The molecular formula is C31H36N2O6. The Labute approximate surface area is 229 Å². The molecule has 8 nitrogen and oxygen atoms in total. The molecule has 0 radical (unpaired) electrons. The fourth-order valence-electron chi connectivity index (χ4n) is 3.51. The number of aryl methyl sites for hydroxylation is 1. The highest BCUT2D eigenvalue weighted by molar-refractivity contribution is 5.92. The molecule has 8 heteroatoms. The number of esters is 1. The minimum absolute atomic E-state index is 0.162. The van der Waals surface area contributed by atoms with Gasteiger partial charge in [-0.25, -0.2) is 10.2 Å². The number of nitrogens with zero attached hydrogens (tertiary/aromatic N) is 1. The first-order valence-electron chi connectivity index (χ1n) is 13.1. The molecule has 39 heavy (non-hydrogen) atoms. The fourth-order valence-corrected chi connectivity index (χ4v) is 3.51. The lowest BCUT2D eigenvalue weighted by Gasteiger charge is -2.12. The molecule has 1 N–H and O–H groups in total. The Balaban J connectivity index is 1.58. The third-order valence-corrected chi connectivity index (χ3v) is 5.67. The van der Waals surface area contributed by atoms with Crippen LogP contribution in [0.5, 0.6) is 23.0 Å². The molecule has 0 aromatic heterocycles. The highest BCUT2D eigenvalue weighted by atomic mass is 16.6. The number of benzene rings is 3. The molecule has 0 aliphatic heterocycles. The first-order valence-corrected chi connectivity index (χ1v) is 13.1. The topological polar surface area (TPSA) is 95.5 Å². The lowest BCUT2D eigenvalue weighted by atomic mass is 10.0. The third-order valence-electron chi connectivity index (χ3n) is 5.67. The third kappa shape index (κ3) is 8.88. The van der Waals surface area contributed by atoms with Crippen molar-refractivity contribution >= 4 is 18.1 Å². The van der Waals surface area contributed by atoms with E-state index in [2.05, 4.69) is 30.4 Å². The van der Waals surface area contributed by atoms with Crippen LogP contribution in [0.4, 0.5) is 0 Å². The van der Waals surface area contributed by atoms with Gasteiger partial charge >= 0.3 is 5.97 Å². The Hall–Kier alpha value is -4.33. The normalized spacial score (nSPS) is 10.9. The summed E-state index contributed by atoms with van der Waals surface area (Å²) in [5.41, 5.74) is 5.60. The monoisotopic (exact) mass is 532 g/mol. The lowest BCUT2D eigenvalue weighted by Crippen LogP contribution is -2.24. The molecule has 0 saturated carbocycles. The number of carbonyl (C=O) groups excluding carboxylic acids is 2. The van der Waals surface area contributed by atoms with Gasteiger partial charge in [-0.15, -0.1) is 0 Å². The number of carbonyl (C=O) groups is 2. The number of nitrogens with one attached hydrogen (secondary N) is 1. The van der Waals surface area contributed by atoms with Crippen LogP contribution in [0.25, 0.3) is 0 Å². The summed E-state index contributed by atoms with van der Waals surface area (Å²) in [6, 6.07) is 17.8. The zero-order valence-electron chi connectivity index (χ0n) is 23.2. The Morgan fingerprint density at radius 3 is 2.36 bits per heavy atom. The van der Waals surface area contributed by atoms with Crippen molar-refractivity contribution in [1.82, 2.24) is 5.43 Å². The van der Waals surface area contributed by atoms with Gasteiger partial charge in [-0.1, -0.05) is 32.9 Å². The van der Waals surface area contributed by atoms with Crippen LogP contribution in [0.3, 0.4) is 0 Å². The van der Waals surface area contributed by atoms with Gasteiger partial charge in [0.2, 0.25) is 0 Å². The Morgan fingerprint density at radius 1 is 0.897 bits per heavy atom. The van der Waals surface area contributed by atoms with Crippen LogP contribution < -0.4 is 24.4 Å². The average molecular weight is 533 g/mol. The summed E-state index contributed by atoms with van der Waals surface area (Å²) in [6.45, 7) is 10.8. The quantitative estimate of drug-likeness (QED) is 0.125. The van der Waals surface area contributed by atoms with E-state index in [1.807, 2.05) is 32.9 Å². The summed E-state index contributed by atoms with van der Waals surface area (Å²) in [6.07, 6.45) is 2.38. The van der Waals surface area contributed by atoms with E-state index in [1.54, 1.807) is 42.5 Å². The van der Waals surface area contributed by atoms with Crippen LogP contribution in [-0.4, -0.2) is 37.9 Å². The SMILES string of the molecule is CCCOc1ccc(C(=O)Oc2ccc(C=NNC(=O)COc3cc(C(C)C)ccc3C)cc2OCC)cc1. The summed E-state index contributed by atoms with van der Waals surface area (Å²) in [4.78, 5) is 24.9. The van der Waals surface area contributed by atoms with Gasteiger partial charge in [0.05, 0.1) is 25.0 Å². The van der Waals surface area contributed by atoms with Crippen molar-refractivity contribution in [3.05, 3.63) is 82.9 Å². The van der Waals surface area contributed by atoms with E-state index >= 15 is 0 Å². The number of hydrogen-bond donors (Lipinski definition) is 1. The second kappa shape index (κ2) is 14.6. The minimum atomic E-state index is -0.513. The molecule has 0 heterocycles. The van der Waals surface area contributed by atoms with Gasteiger partial charge in [0.1, 0.15) is 11.5 Å². The lowest BCUT2D eigenvalue weighted by molar-refractivity contribution is -0.123. The second-order valence-electron chi connectivity index (χ2n) is 9.16. The zero-order chi connectivity index (χ0) is 28.2. The van der Waals surface area contributed by atoms with Crippen molar-refractivity contribution in [2.45, 2.75) is 47.0 Å². The van der Waals surface area contributed by atoms with Crippen LogP contribution in [0.15, 0.2) is 65.8 Å². The van der Waals surface area contributed by atoms with Crippen molar-refractivity contribution < 1.29 is 28.5 Å². The number of hydrazone groups is 1. The molecule has 0 aliphatic carbocycles. The Bertz CT molecular complexity index is 1280. The molecule has 0 saturated heterocycles. The summed E-state index contributed by atoms with van der Waals surface area (Å²) in [7, 11) is 0. The molecule has 0 unspecified atom stereocenters. The molecular weight excluding hydrogens is 496 g/mol. The molecule has 3 aromatic rings. The maximum atomic E-state index is 12.7. The molecule has 0 aliphatic rings. The summed E-state index contributed by atoms with van der Waals surface area (Å²) in [5, 5.41) is 4.01. The van der Waals surface area contributed by atoms with E-state index in [4.69, 9.17) is 18.9 Å². The molecule has 0 spiro atoms.